The van der Waals surface area contributed by atoms with Gasteiger partial charge in [-0.1, -0.05) is 36.4 Å². The van der Waals surface area contributed by atoms with Crippen LogP contribution in [0.15, 0.2) is 84.9 Å². The molecule has 0 aliphatic heterocycles. The monoisotopic (exact) mass is 415 g/mol. The second-order valence-electron chi connectivity index (χ2n) is 6.79. The van der Waals surface area contributed by atoms with Gasteiger partial charge in [-0.05, 0) is 52.7 Å². The molecule has 4 rings (SSSR count). The van der Waals surface area contributed by atoms with Gasteiger partial charge in [0.1, 0.15) is 29.4 Å². The highest BCUT2D eigenvalue weighted by Crippen LogP contribution is 2.27. The van der Waals surface area contributed by atoms with Gasteiger partial charge in [0.15, 0.2) is 0 Å². The minimum absolute atomic E-state index is 0.0113. The zero-order valence-corrected chi connectivity index (χ0v) is 16.2. The fourth-order valence-corrected chi connectivity index (χ4v) is 3.09. The van der Waals surface area contributed by atoms with Crippen molar-refractivity contribution in [2.24, 2.45) is 0 Å². The number of esters is 1. The van der Waals surface area contributed by atoms with Crippen molar-refractivity contribution in [3.05, 3.63) is 106 Å². The van der Waals surface area contributed by atoms with Gasteiger partial charge in [0.25, 0.3) is 5.69 Å². The number of phenols is 1. The lowest BCUT2D eigenvalue weighted by Crippen LogP contribution is -2.05. The van der Waals surface area contributed by atoms with Crippen LogP contribution >= 0.6 is 0 Å². The summed E-state index contributed by atoms with van der Waals surface area (Å²) in [6, 6.07) is 23.2. The third-order valence-electron chi connectivity index (χ3n) is 4.64. The van der Waals surface area contributed by atoms with Crippen molar-refractivity contribution in [3.63, 3.8) is 0 Å². The topological polar surface area (TPSA) is 98.9 Å². The first-order valence-electron chi connectivity index (χ1n) is 9.40. The van der Waals surface area contributed by atoms with Gasteiger partial charge in [-0.2, -0.15) is 0 Å². The number of carbonyl (C=O) groups is 1. The molecule has 0 saturated carbocycles. The average Bonchev–Trinajstić information content (AvgIpc) is 2.77. The molecule has 7 nitrogen and oxygen atoms in total. The van der Waals surface area contributed by atoms with Crippen molar-refractivity contribution in [1.29, 1.82) is 0 Å². The largest absolute Gasteiger partial charge is 0.507 e. The van der Waals surface area contributed by atoms with E-state index in [4.69, 9.17) is 9.47 Å². The van der Waals surface area contributed by atoms with Gasteiger partial charge in [-0.25, -0.2) is 4.79 Å². The molecule has 1 N–H and O–H groups in total. The molecule has 0 radical (unpaired) electrons. The van der Waals surface area contributed by atoms with Crippen LogP contribution in [-0.4, -0.2) is 16.0 Å². The Morgan fingerprint density at radius 3 is 2.29 bits per heavy atom. The summed E-state index contributed by atoms with van der Waals surface area (Å²) in [5, 5.41) is 22.6. The van der Waals surface area contributed by atoms with Crippen LogP contribution in [0.1, 0.15) is 15.9 Å². The molecule has 0 unspecified atom stereocenters. The Morgan fingerprint density at radius 1 is 0.871 bits per heavy atom. The lowest BCUT2D eigenvalue weighted by molar-refractivity contribution is -0.384. The molecular formula is C24H17NO6. The van der Waals surface area contributed by atoms with Crippen LogP contribution in [0.25, 0.3) is 10.8 Å². The smallest absolute Gasteiger partial charge is 0.342 e. The van der Waals surface area contributed by atoms with Gasteiger partial charge in [0.05, 0.1) is 4.92 Å². The van der Waals surface area contributed by atoms with Crippen LogP contribution in [0.3, 0.4) is 0 Å². The first kappa shape index (κ1) is 19.9. The molecule has 0 bridgehead atoms. The third-order valence-corrected chi connectivity index (χ3v) is 4.64. The van der Waals surface area contributed by atoms with E-state index in [1.54, 1.807) is 30.3 Å². The van der Waals surface area contributed by atoms with Gasteiger partial charge in [-0.3, -0.25) is 10.1 Å². The summed E-state index contributed by atoms with van der Waals surface area (Å²) in [6.45, 7) is -0.0113. The van der Waals surface area contributed by atoms with E-state index in [1.807, 2.05) is 24.3 Å². The number of rotatable bonds is 6. The van der Waals surface area contributed by atoms with Gasteiger partial charge in [0.2, 0.25) is 0 Å². The number of non-ortho nitro benzene ring substituents is 1. The quantitative estimate of drug-likeness (QED) is 0.250. The van der Waals surface area contributed by atoms with E-state index in [0.717, 1.165) is 10.8 Å². The zero-order valence-electron chi connectivity index (χ0n) is 16.2. The summed E-state index contributed by atoms with van der Waals surface area (Å²) in [5.41, 5.74) is 0.759. The Bertz CT molecular complexity index is 1270. The van der Waals surface area contributed by atoms with Crippen molar-refractivity contribution < 1.29 is 24.3 Å². The number of nitro benzene ring substituents is 1. The second-order valence-corrected chi connectivity index (χ2v) is 6.79. The summed E-state index contributed by atoms with van der Waals surface area (Å²) in [7, 11) is 0. The number of ether oxygens (including phenoxy) is 2. The average molecular weight is 415 g/mol. The molecule has 4 aromatic rings. The molecular weight excluding hydrogens is 398 g/mol. The fourth-order valence-electron chi connectivity index (χ4n) is 3.09. The van der Waals surface area contributed by atoms with Crippen molar-refractivity contribution in [2.45, 2.75) is 6.61 Å². The van der Waals surface area contributed by atoms with E-state index in [0.29, 0.717) is 17.1 Å². The number of nitrogens with zero attached hydrogens (tertiary/aromatic N) is 1. The number of hydrogen-bond acceptors (Lipinski definition) is 6. The number of hydrogen-bond donors (Lipinski definition) is 1. The normalized spacial score (nSPS) is 10.6. The number of phenolic OH excluding ortho intramolecular Hbond substituents is 1. The predicted octanol–water partition coefficient (Wildman–Crippen LogP) is 5.60. The minimum atomic E-state index is -0.634. The summed E-state index contributed by atoms with van der Waals surface area (Å²) >= 11 is 0. The van der Waals surface area contributed by atoms with Gasteiger partial charge >= 0.3 is 5.97 Å². The van der Waals surface area contributed by atoms with Gasteiger partial charge < -0.3 is 14.6 Å². The minimum Gasteiger partial charge on any atom is -0.507 e. The molecule has 0 spiro atoms. The lowest BCUT2D eigenvalue weighted by atomic mass is 10.1. The maximum Gasteiger partial charge on any atom is 0.342 e. The van der Waals surface area contributed by atoms with Crippen molar-refractivity contribution in [1.82, 2.24) is 0 Å². The van der Waals surface area contributed by atoms with Crippen molar-refractivity contribution >= 4 is 22.4 Å². The standard InChI is InChI=1S/C24H17NO6/c26-23-14-18-6-2-1-5-17(18)13-22(23)24(27)30-15-16-4-3-7-21(12-16)31-20-10-8-19(9-11-20)25(28)29/h1-14,26H,15H2. The van der Waals surface area contributed by atoms with Crippen LogP contribution in [0.2, 0.25) is 0 Å². The van der Waals surface area contributed by atoms with Crippen LogP contribution < -0.4 is 4.74 Å². The van der Waals surface area contributed by atoms with Crippen molar-refractivity contribution in [3.8, 4) is 17.2 Å². The van der Waals surface area contributed by atoms with E-state index in [2.05, 4.69) is 0 Å². The zero-order chi connectivity index (χ0) is 21.8. The molecule has 0 amide bonds. The Hall–Kier alpha value is -4.39. The van der Waals surface area contributed by atoms with E-state index in [1.165, 1.54) is 30.3 Å². The maximum absolute atomic E-state index is 12.5. The summed E-state index contributed by atoms with van der Waals surface area (Å²) in [5.74, 6) is 0.167. The Balaban J connectivity index is 1.44. The number of carbonyl (C=O) groups excluding carboxylic acids is 1. The maximum atomic E-state index is 12.5. The van der Waals surface area contributed by atoms with Crippen LogP contribution in [0.5, 0.6) is 17.2 Å². The molecule has 7 heteroatoms. The van der Waals surface area contributed by atoms with E-state index < -0.39 is 10.9 Å². The molecule has 0 saturated heterocycles. The summed E-state index contributed by atoms with van der Waals surface area (Å²) in [6.07, 6.45) is 0. The highest BCUT2D eigenvalue weighted by Gasteiger charge is 2.14. The molecule has 0 aromatic heterocycles. The highest BCUT2D eigenvalue weighted by atomic mass is 16.6. The molecule has 0 aliphatic rings. The molecule has 0 aliphatic carbocycles. The molecule has 0 atom stereocenters. The van der Waals surface area contributed by atoms with Crippen LogP contribution in [-0.2, 0) is 11.3 Å². The van der Waals surface area contributed by atoms with Gasteiger partial charge in [-0.15, -0.1) is 0 Å². The second kappa shape index (κ2) is 8.54. The van der Waals surface area contributed by atoms with Crippen LogP contribution in [0, 0.1) is 10.1 Å². The summed E-state index contributed by atoms with van der Waals surface area (Å²) in [4.78, 5) is 22.7. The predicted molar refractivity (Wildman–Crippen MR) is 114 cm³/mol. The molecule has 31 heavy (non-hydrogen) atoms. The van der Waals surface area contributed by atoms with E-state index in [-0.39, 0.29) is 23.6 Å². The van der Waals surface area contributed by atoms with E-state index >= 15 is 0 Å². The summed E-state index contributed by atoms with van der Waals surface area (Å²) < 4.78 is 11.1. The third kappa shape index (κ3) is 4.62. The Kier molecular flexibility index (Phi) is 5.49. The molecule has 0 fully saturated rings. The Morgan fingerprint density at radius 2 is 1.58 bits per heavy atom. The lowest BCUT2D eigenvalue weighted by Gasteiger charge is -2.10. The number of benzene rings is 4. The number of nitro groups is 1. The highest BCUT2D eigenvalue weighted by molar-refractivity contribution is 5.98. The van der Waals surface area contributed by atoms with Crippen molar-refractivity contribution in [2.75, 3.05) is 0 Å². The molecule has 154 valence electrons. The number of fused-ring (bicyclic) bond motifs is 1. The van der Waals surface area contributed by atoms with Crippen LogP contribution in [0.4, 0.5) is 5.69 Å². The fraction of sp³-hybridized carbons (Fsp3) is 0.0417. The SMILES string of the molecule is O=C(OCc1cccc(Oc2ccc([N+](=O)[O-])cc2)c1)c1cc2ccccc2cc1O. The van der Waals surface area contributed by atoms with E-state index in [9.17, 15) is 20.0 Å². The first-order valence-corrected chi connectivity index (χ1v) is 9.40. The Labute approximate surface area is 177 Å². The molecule has 4 aromatic carbocycles. The van der Waals surface area contributed by atoms with Gasteiger partial charge in [0, 0.05) is 12.1 Å². The first-order chi connectivity index (χ1) is 15.0. The molecule has 0 heterocycles. The number of aromatic hydroxyl groups is 1.